The lowest BCUT2D eigenvalue weighted by molar-refractivity contribution is 0.402. The van der Waals surface area contributed by atoms with Crippen molar-refractivity contribution < 1.29 is 0 Å². The monoisotopic (exact) mass is 448 g/mol. The summed E-state index contributed by atoms with van der Waals surface area (Å²) in [4.78, 5) is 24.0. The number of hydrogen-bond donors (Lipinski definition) is 2. The molecule has 0 saturated carbocycles. The SMILES string of the molecule is CN(C)Cc1cncc(-c2cnc3n[nH]c(-c4nc5c([nH]4)CCC=C5c4cccnc4)c3c2)c1. The van der Waals surface area contributed by atoms with E-state index in [2.05, 4.69) is 73.4 Å². The molecule has 0 fully saturated rings. The number of hydrogen-bond acceptors (Lipinski definition) is 6. The van der Waals surface area contributed by atoms with Crippen molar-refractivity contribution in [1.82, 2.24) is 40.0 Å². The average Bonchev–Trinajstić information content (AvgIpc) is 3.48. The molecule has 0 radical (unpaired) electrons. The van der Waals surface area contributed by atoms with Gasteiger partial charge in [-0.1, -0.05) is 12.1 Å². The molecule has 2 N–H and O–H groups in total. The Morgan fingerprint density at radius 1 is 1.00 bits per heavy atom. The first-order valence-corrected chi connectivity index (χ1v) is 11.3. The molecule has 0 aliphatic heterocycles. The fraction of sp³-hybridized carbons (Fsp3) is 0.192. The van der Waals surface area contributed by atoms with Gasteiger partial charge in [-0.25, -0.2) is 9.97 Å². The maximum atomic E-state index is 4.98. The Labute approximate surface area is 196 Å². The van der Waals surface area contributed by atoms with E-state index in [9.17, 15) is 0 Å². The smallest absolute Gasteiger partial charge is 0.181 e. The molecule has 6 rings (SSSR count). The minimum absolute atomic E-state index is 0.661. The number of nitrogens with one attached hydrogen (secondary N) is 2. The van der Waals surface area contributed by atoms with Crippen LogP contribution in [0.1, 0.15) is 28.9 Å². The summed E-state index contributed by atoms with van der Waals surface area (Å²) >= 11 is 0. The zero-order valence-electron chi connectivity index (χ0n) is 19.1. The van der Waals surface area contributed by atoms with Crippen molar-refractivity contribution in [2.24, 2.45) is 0 Å². The average molecular weight is 449 g/mol. The molecule has 0 aromatic carbocycles. The second-order valence-electron chi connectivity index (χ2n) is 8.82. The summed E-state index contributed by atoms with van der Waals surface area (Å²) < 4.78 is 0. The van der Waals surface area contributed by atoms with Gasteiger partial charge < -0.3 is 9.88 Å². The van der Waals surface area contributed by atoms with Gasteiger partial charge in [-0.05, 0) is 50.7 Å². The van der Waals surface area contributed by atoms with E-state index in [1.54, 1.807) is 6.20 Å². The lowest BCUT2D eigenvalue weighted by atomic mass is 9.95. The zero-order chi connectivity index (χ0) is 23.1. The Hall–Kier alpha value is -4.17. The number of aromatic amines is 2. The van der Waals surface area contributed by atoms with Gasteiger partial charge in [0.25, 0.3) is 0 Å². The number of aryl methyl sites for hydroxylation is 1. The predicted octanol–water partition coefficient (Wildman–Crippen LogP) is 4.24. The van der Waals surface area contributed by atoms with Crippen LogP contribution in [-0.2, 0) is 13.0 Å². The standard InChI is InChI=1S/C26H24N8/c1-34(2)15-16-9-18(13-28-11-16)19-10-21-24(32-33-25(21)29-14-19)26-30-22-7-3-6-20(23(22)31-26)17-5-4-8-27-12-17/h4-6,8-14H,3,7,15H2,1-2H3,(H,30,31)(H,29,32,33). The van der Waals surface area contributed by atoms with Crippen LogP contribution in [0, 0.1) is 0 Å². The molecule has 0 unspecified atom stereocenters. The lowest BCUT2D eigenvalue weighted by Crippen LogP contribution is -2.10. The summed E-state index contributed by atoms with van der Waals surface area (Å²) in [5, 5.41) is 8.50. The van der Waals surface area contributed by atoms with E-state index >= 15 is 0 Å². The normalized spacial score (nSPS) is 13.3. The zero-order valence-corrected chi connectivity index (χ0v) is 19.1. The van der Waals surface area contributed by atoms with Crippen molar-refractivity contribution >= 4 is 16.6 Å². The van der Waals surface area contributed by atoms with Gasteiger partial charge in [0.05, 0.1) is 11.1 Å². The lowest BCUT2D eigenvalue weighted by Gasteiger charge is -2.12. The van der Waals surface area contributed by atoms with Gasteiger partial charge in [-0.3, -0.25) is 15.1 Å². The van der Waals surface area contributed by atoms with Crippen LogP contribution in [-0.4, -0.2) is 54.1 Å². The fourth-order valence-corrected chi connectivity index (χ4v) is 4.50. The second-order valence-corrected chi connectivity index (χ2v) is 8.82. The largest absolute Gasteiger partial charge is 0.340 e. The van der Waals surface area contributed by atoms with Gasteiger partial charge in [0.1, 0.15) is 5.69 Å². The molecular weight excluding hydrogens is 424 g/mol. The van der Waals surface area contributed by atoms with Crippen LogP contribution in [0.4, 0.5) is 0 Å². The second kappa shape index (κ2) is 8.31. The van der Waals surface area contributed by atoms with Gasteiger partial charge in [0.2, 0.25) is 0 Å². The predicted molar refractivity (Wildman–Crippen MR) is 132 cm³/mol. The quantitative estimate of drug-likeness (QED) is 0.417. The molecule has 1 aliphatic carbocycles. The third-order valence-corrected chi connectivity index (χ3v) is 6.02. The van der Waals surface area contributed by atoms with Crippen LogP contribution in [0.2, 0.25) is 0 Å². The van der Waals surface area contributed by atoms with Crippen LogP contribution >= 0.6 is 0 Å². The molecule has 34 heavy (non-hydrogen) atoms. The number of fused-ring (bicyclic) bond motifs is 2. The van der Waals surface area contributed by atoms with E-state index in [1.165, 1.54) is 0 Å². The maximum Gasteiger partial charge on any atom is 0.181 e. The first-order chi connectivity index (χ1) is 16.7. The Morgan fingerprint density at radius 2 is 1.88 bits per heavy atom. The van der Waals surface area contributed by atoms with Crippen molar-refractivity contribution in [2.45, 2.75) is 19.4 Å². The van der Waals surface area contributed by atoms with E-state index in [0.717, 1.165) is 75.5 Å². The molecule has 5 aromatic heterocycles. The summed E-state index contributed by atoms with van der Waals surface area (Å²) in [5.74, 6) is 0.766. The molecule has 5 aromatic rings. The van der Waals surface area contributed by atoms with Crippen LogP contribution in [0.25, 0.3) is 39.3 Å². The molecule has 8 nitrogen and oxygen atoms in total. The molecular formula is C26H24N8. The van der Waals surface area contributed by atoms with Gasteiger partial charge in [-0.15, -0.1) is 0 Å². The van der Waals surface area contributed by atoms with Crippen LogP contribution < -0.4 is 0 Å². The summed E-state index contributed by atoms with van der Waals surface area (Å²) in [6.07, 6.45) is 13.4. The molecule has 0 saturated heterocycles. The van der Waals surface area contributed by atoms with E-state index in [-0.39, 0.29) is 0 Å². The van der Waals surface area contributed by atoms with Gasteiger partial charge in [-0.2, -0.15) is 5.10 Å². The summed E-state index contributed by atoms with van der Waals surface area (Å²) in [5.41, 5.74) is 8.97. The molecule has 0 atom stereocenters. The van der Waals surface area contributed by atoms with Crippen molar-refractivity contribution in [3.05, 3.63) is 83.8 Å². The highest BCUT2D eigenvalue weighted by Gasteiger charge is 2.22. The Morgan fingerprint density at radius 3 is 2.74 bits per heavy atom. The topological polar surface area (TPSA) is 99.3 Å². The van der Waals surface area contributed by atoms with E-state index in [4.69, 9.17) is 4.98 Å². The van der Waals surface area contributed by atoms with Crippen LogP contribution in [0.3, 0.4) is 0 Å². The number of imidazole rings is 1. The first kappa shape index (κ1) is 20.4. The minimum atomic E-state index is 0.661. The Balaban J connectivity index is 1.40. The molecule has 1 aliphatic rings. The van der Waals surface area contributed by atoms with E-state index in [0.29, 0.717) is 5.65 Å². The highest BCUT2D eigenvalue weighted by atomic mass is 15.2. The van der Waals surface area contributed by atoms with Gasteiger partial charge in [0, 0.05) is 65.5 Å². The van der Waals surface area contributed by atoms with Gasteiger partial charge in [0.15, 0.2) is 11.5 Å². The van der Waals surface area contributed by atoms with Crippen molar-refractivity contribution in [3.63, 3.8) is 0 Å². The van der Waals surface area contributed by atoms with E-state index < -0.39 is 0 Å². The molecule has 5 heterocycles. The third-order valence-electron chi connectivity index (χ3n) is 6.02. The minimum Gasteiger partial charge on any atom is -0.340 e. The molecule has 8 heteroatoms. The molecule has 0 amide bonds. The van der Waals surface area contributed by atoms with Crippen molar-refractivity contribution in [2.75, 3.05) is 14.1 Å². The number of H-pyrrole nitrogens is 2. The molecule has 168 valence electrons. The summed E-state index contributed by atoms with van der Waals surface area (Å²) in [6, 6.07) is 8.29. The maximum absolute atomic E-state index is 4.98. The Kier molecular flexibility index (Phi) is 5.00. The van der Waals surface area contributed by atoms with Crippen LogP contribution in [0.5, 0.6) is 0 Å². The highest BCUT2D eigenvalue weighted by molar-refractivity contribution is 5.92. The number of rotatable bonds is 5. The third kappa shape index (κ3) is 3.68. The fourth-order valence-electron chi connectivity index (χ4n) is 4.50. The number of allylic oxidation sites excluding steroid dienone is 1. The summed E-state index contributed by atoms with van der Waals surface area (Å²) in [7, 11) is 4.10. The van der Waals surface area contributed by atoms with Gasteiger partial charge >= 0.3 is 0 Å². The molecule has 0 bridgehead atoms. The first-order valence-electron chi connectivity index (χ1n) is 11.3. The number of pyridine rings is 3. The van der Waals surface area contributed by atoms with Crippen molar-refractivity contribution in [1.29, 1.82) is 0 Å². The number of nitrogens with zero attached hydrogens (tertiary/aromatic N) is 6. The number of aromatic nitrogens is 7. The van der Waals surface area contributed by atoms with E-state index in [1.807, 2.05) is 30.9 Å². The van der Waals surface area contributed by atoms with Crippen LogP contribution in [0.15, 0.2) is 61.3 Å². The highest BCUT2D eigenvalue weighted by Crippen LogP contribution is 2.34. The molecule has 0 spiro atoms. The summed E-state index contributed by atoms with van der Waals surface area (Å²) in [6.45, 7) is 0.832. The van der Waals surface area contributed by atoms with Crippen molar-refractivity contribution in [3.8, 4) is 22.6 Å². The Bertz CT molecular complexity index is 1510.